The van der Waals surface area contributed by atoms with Gasteiger partial charge in [-0.15, -0.1) is 0 Å². The normalized spacial score (nSPS) is 11.7. The van der Waals surface area contributed by atoms with E-state index < -0.39 is 15.4 Å². The summed E-state index contributed by atoms with van der Waals surface area (Å²) in [5.41, 5.74) is -0.0510. The molecule has 0 aliphatic rings. The molecule has 1 rings (SSSR count). The van der Waals surface area contributed by atoms with Gasteiger partial charge in [0.05, 0.1) is 0 Å². The molecule has 18 heavy (non-hydrogen) atoms. The Kier molecular flexibility index (Phi) is 4.53. The molecule has 0 spiro atoms. The van der Waals surface area contributed by atoms with Gasteiger partial charge in [0.25, 0.3) is 5.56 Å². The van der Waals surface area contributed by atoms with Crippen LogP contribution in [0.1, 0.15) is 17.5 Å². The van der Waals surface area contributed by atoms with Crippen LogP contribution < -0.4 is 5.56 Å². The van der Waals surface area contributed by atoms with Gasteiger partial charge >= 0.3 is 0 Å². The summed E-state index contributed by atoms with van der Waals surface area (Å²) in [5, 5.41) is 9.67. The topological polar surface area (TPSA) is 96.5 Å². The van der Waals surface area contributed by atoms with Crippen LogP contribution in [0.3, 0.4) is 0 Å². The monoisotopic (exact) mass is 275 g/mol. The van der Waals surface area contributed by atoms with E-state index in [0.717, 1.165) is 6.26 Å². The summed E-state index contributed by atoms with van der Waals surface area (Å²) < 4.78 is 28.0. The molecule has 0 aromatic carbocycles. The van der Waals surface area contributed by atoms with Crippen molar-refractivity contribution in [1.29, 1.82) is 0 Å². The number of aromatic nitrogens is 1. The lowest BCUT2D eigenvalue weighted by molar-refractivity contribution is 0.195. The largest absolute Gasteiger partial charge is 0.494 e. The van der Waals surface area contributed by atoms with Crippen LogP contribution in [0.15, 0.2) is 9.69 Å². The molecule has 102 valence electrons. The Hall–Kier alpha value is -1.34. The fraction of sp³-hybridized carbons (Fsp3) is 0.545. The maximum Gasteiger partial charge on any atom is 0.269 e. The Balaban J connectivity index is 3.32. The number of H-pyrrole nitrogens is 1. The van der Waals surface area contributed by atoms with Crippen molar-refractivity contribution in [2.45, 2.75) is 24.7 Å². The van der Waals surface area contributed by atoms with Crippen LogP contribution in [0.2, 0.25) is 0 Å². The molecule has 0 fully saturated rings. The van der Waals surface area contributed by atoms with Gasteiger partial charge in [-0.25, -0.2) is 8.42 Å². The molecule has 0 saturated heterocycles. The van der Waals surface area contributed by atoms with Gasteiger partial charge in [0.1, 0.15) is 4.90 Å². The van der Waals surface area contributed by atoms with Crippen LogP contribution in [0, 0.1) is 6.92 Å². The average molecular weight is 275 g/mol. The third-order valence-electron chi connectivity index (χ3n) is 2.66. The predicted octanol–water partition coefficient (Wildman–Crippen LogP) is 0.371. The molecule has 0 atom stereocenters. The molecule has 7 heteroatoms. The van der Waals surface area contributed by atoms with Crippen LogP contribution >= 0.6 is 0 Å². The van der Waals surface area contributed by atoms with Crippen LogP contribution in [0.25, 0.3) is 0 Å². The Morgan fingerprint density at radius 3 is 2.50 bits per heavy atom. The number of sulfone groups is 1. The van der Waals surface area contributed by atoms with E-state index in [1.165, 1.54) is 6.92 Å². The van der Waals surface area contributed by atoms with E-state index >= 15 is 0 Å². The highest BCUT2D eigenvalue weighted by Crippen LogP contribution is 2.22. The second-order valence-corrected chi connectivity index (χ2v) is 6.06. The number of aromatic hydroxyl groups is 1. The van der Waals surface area contributed by atoms with Gasteiger partial charge in [0.2, 0.25) is 0 Å². The Morgan fingerprint density at radius 2 is 2.00 bits per heavy atom. The number of hydrogen-bond acceptors (Lipinski definition) is 5. The van der Waals surface area contributed by atoms with Gasteiger partial charge in [-0.3, -0.25) is 9.78 Å². The van der Waals surface area contributed by atoms with Gasteiger partial charge in [-0.1, -0.05) is 0 Å². The number of pyridine rings is 1. The van der Waals surface area contributed by atoms with E-state index in [2.05, 4.69) is 4.98 Å². The molecule has 2 N–H and O–H groups in total. The standard InChI is InChI=1S/C11H17NO5S/c1-7-8(5-4-6-17-2)10(13)12-11(14)9(7)18(3,15)16/h4-6H2,1-3H3,(H2,12,13,14). The third-order valence-corrected chi connectivity index (χ3v) is 3.90. The van der Waals surface area contributed by atoms with E-state index in [9.17, 15) is 18.3 Å². The fourth-order valence-corrected chi connectivity index (χ4v) is 2.94. The number of ether oxygens (including phenoxy) is 1. The van der Waals surface area contributed by atoms with Crippen molar-refractivity contribution in [2.24, 2.45) is 0 Å². The molecule has 1 heterocycles. The van der Waals surface area contributed by atoms with E-state index in [1.807, 2.05) is 0 Å². The molecule has 0 unspecified atom stereocenters. The lowest BCUT2D eigenvalue weighted by atomic mass is 10.1. The number of aromatic amines is 1. The maximum atomic E-state index is 11.6. The van der Waals surface area contributed by atoms with Gasteiger partial charge in [-0.05, 0) is 25.3 Å². The highest BCUT2D eigenvalue weighted by atomic mass is 32.2. The summed E-state index contributed by atoms with van der Waals surface area (Å²) in [5.74, 6) is -0.277. The first-order valence-corrected chi connectivity index (χ1v) is 7.32. The van der Waals surface area contributed by atoms with E-state index in [-0.39, 0.29) is 10.8 Å². The smallest absolute Gasteiger partial charge is 0.269 e. The fourth-order valence-electron chi connectivity index (χ4n) is 1.87. The van der Waals surface area contributed by atoms with Crippen LogP contribution in [-0.2, 0) is 21.0 Å². The van der Waals surface area contributed by atoms with Crippen LogP contribution in [0.5, 0.6) is 5.88 Å². The van der Waals surface area contributed by atoms with E-state index in [0.29, 0.717) is 30.6 Å². The molecular formula is C11H17NO5S. The molecule has 1 aromatic heterocycles. The van der Waals surface area contributed by atoms with E-state index in [1.54, 1.807) is 7.11 Å². The van der Waals surface area contributed by atoms with Crippen molar-refractivity contribution in [2.75, 3.05) is 20.0 Å². The molecule has 0 aliphatic heterocycles. The lowest BCUT2D eigenvalue weighted by Gasteiger charge is -2.11. The molecule has 0 bridgehead atoms. The SMILES string of the molecule is COCCCc1c(O)[nH]c(=O)c(S(C)(=O)=O)c1C. The zero-order valence-corrected chi connectivity index (χ0v) is 11.4. The Bertz CT molecular complexity index is 588. The first-order chi connectivity index (χ1) is 8.29. The third kappa shape index (κ3) is 3.11. The second-order valence-electron chi connectivity index (χ2n) is 4.10. The quantitative estimate of drug-likeness (QED) is 0.757. The van der Waals surface area contributed by atoms with Crippen molar-refractivity contribution in [3.8, 4) is 5.88 Å². The molecule has 1 aromatic rings. The van der Waals surface area contributed by atoms with E-state index in [4.69, 9.17) is 4.74 Å². The molecule has 0 amide bonds. The number of methoxy groups -OCH3 is 1. The Labute approximate surface area is 106 Å². The minimum atomic E-state index is -3.62. The van der Waals surface area contributed by atoms with Gasteiger partial charge < -0.3 is 9.84 Å². The summed E-state index contributed by atoms with van der Waals surface area (Å²) in [7, 11) is -2.06. The molecule has 0 saturated carbocycles. The molecular weight excluding hydrogens is 258 g/mol. The zero-order valence-electron chi connectivity index (χ0n) is 10.6. The van der Waals surface area contributed by atoms with Crippen molar-refractivity contribution in [1.82, 2.24) is 4.98 Å². The summed E-state index contributed by atoms with van der Waals surface area (Å²) in [4.78, 5) is 13.4. The highest BCUT2D eigenvalue weighted by Gasteiger charge is 2.21. The first-order valence-electron chi connectivity index (χ1n) is 5.42. The summed E-state index contributed by atoms with van der Waals surface area (Å²) in [6, 6.07) is 0. The van der Waals surface area contributed by atoms with Crippen molar-refractivity contribution < 1.29 is 18.3 Å². The molecule has 0 aliphatic carbocycles. The minimum absolute atomic E-state index is 0.277. The van der Waals surface area contributed by atoms with Gasteiger partial charge in [0, 0.05) is 25.5 Å². The lowest BCUT2D eigenvalue weighted by Crippen LogP contribution is -2.20. The summed E-state index contributed by atoms with van der Waals surface area (Å²) in [6.45, 7) is 2.01. The van der Waals surface area contributed by atoms with Crippen molar-refractivity contribution >= 4 is 9.84 Å². The Morgan fingerprint density at radius 1 is 1.39 bits per heavy atom. The number of hydrogen-bond donors (Lipinski definition) is 2. The second kappa shape index (κ2) is 5.53. The van der Waals surface area contributed by atoms with Crippen LogP contribution in [0.4, 0.5) is 0 Å². The minimum Gasteiger partial charge on any atom is -0.494 e. The summed E-state index contributed by atoms with van der Waals surface area (Å²) >= 11 is 0. The highest BCUT2D eigenvalue weighted by molar-refractivity contribution is 7.90. The zero-order chi connectivity index (χ0) is 13.9. The van der Waals surface area contributed by atoms with Gasteiger partial charge in [0.15, 0.2) is 15.7 Å². The summed E-state index contributed by atoms with van der Waals surface area (Å²) in [6.07, 6.45) is 2.03. The van der Waals surface area contributed by atoms with Crippen molar-refractivity contribution in [3.63, 3.8) is 0 Å². The van der Waals surface area contributed by atoms with Gasteiger partial charge in [-0.2, -0.15) is 0 Å². The average Bonchev–Trinajstić information content (AvgIpc) is 2.20. The first kappa shape index (κ1) is 14.7. The van der Waals surface area contributed by atoms with Crippen molar-refractivity contribution in [3.05, 3.63) is 21.5 Å². The number of rotatable bonds is 5. The van der Waals surface area contributed by atoms with Crippen LogP contribution in [-0.4, -0.2) is 38.5 Å². The predicted molar refractivity (Wildman–Crippen MR) is 66.8 cm³/mol. The molecule has 0 radical (unpaired) electrons. The number of nitrogens with one attached hydrogen (secondary N) is 1. The molecule has 6 nitrogen and oxygen atoms in total. The maximum absolute atomic E-state index is 11.6.